The highest BCUT2D eigenvalue weighted by molar-refractivity contribution is 5.93. The highest BCUT2D eigenvalue weighted by atomic mass is 16.4. The maximum atomic E-state index is 11.7. The molecule has 1 aromatic heterocycles. The van der Waals surface area contributed by atoms with Crippen LogP contribution in [0.15, 0.2) is 0 Å². The summed E-state index contributed by atoms with van der Waals surface area (Å²) in [7, 11) is 0. The van der Waals surface area contributed by atoms with Crippen LogP contribution in [0.4, 0.5) is 0 Å². The molecule has 80 valence electrons. The number of carbonyl (C=O) groups is 2. The Morgan fingerprint density at radius 1 is 1.53 bits per heavy atom. The van der Waals surface area contributed by atoms with Gasteiger partial charge >= 0.3 is 5.97 Å². The average Bonchev–Trinajstić information content (AvgIpc) is 2.88. The Balaban J connectivity index is 2.17. The normalized spacial score (nSPS) is 20.5. The van der Waals surface area contributed by atoms with Crippen LogP contribution in [0.5, 0.6) is 0 Å². The van der Waals surface area contributed by atoms with E-state index in [1.807, 2.05) is 0 Å². The van der Waals surface area contributed by atoms with Crippen molar-refractivity contribution >= 4 is 11.9 Å². The van der Waals surface area contributed by atoms with Gasteiger partial charge < -0.3 is 10.0 Å². The number of aliphatic carboxylic acids is 1. The minimum absolute atomic E-state index is 0.0943. The molecule has 0 unspecified atom stereocenters. The van der Waals surface area contributed by atoms with Crippen LogP contribution in [-0.4, -0.2) is 55.1 Å². The lowest BCUT2D eigenvalue weighted by Crippen LogP contribution is -2.40. The molecule has 1 aliphatic rings. The number of carboxylic acids is 1. The summed E-state index contributed by atoms with van der Waals surface area (Å²) in [5, 5.41) is 21.3. The number of tetrazole rings is 1. The fourth-order valence-electron chi connectivity index (χ4n) is 1.65. The van der Waals surface area contributed by atoms with E-state index in [9.17, 15) is 9.59 Å². The van der Waals surface area contributed by atoms with Gasteiger partial charge in [0.2, 0.25) is 0 Å². The van der Waals surface area contributed by atoms with Crippen LogP contribution < -0.4 is 0 Å². The van der Waals surface area contributed by atoms with E-state index in [2.05, 4.69) is 20.6 Å². The zero-order valence-corrected chi connectivity index (χ0v) is 7.75. The number of rotatable bonds is 2. The van der Waals surface area contributed by atoms with E-state index in [-0.39, 0.29) is 5.82 Å². The second kappa shape index (κ2) is 3.64. The maximum absolute atomic E-state index is 11.7. The molecule has 15 heavy (non-hydrogen) atoms. The number of aromatic amines is 1. The molecular weight excluding hydrogens is 202 g/mol. The lowest BCUT2D eigenvalue weighted by atomic mass is 10.2. The Morgan fingerprint density at radius 3 is 2.93 bits per heavy atom. The first-order valence-corrected chi connectivity index (χ1v) is 4.47. The summed E-state index contributed by atoms with van der Waals surface area (Å²) in [6, 6.07) is -0.768. The fraction of sp³-hybridized carbons (Fsp3) is 0.571. The van der Waals surface area contributed by atoms with E-state index >= 15 is 0 Å². The average molecular weight is 211 g/mol. The van der Waals surface area contributed by atoms with Crippen LogP contribution in [0.2, 0.25) is 0 Å². The summed E-state index contributed by atoms with van der Waals surface area (Å²) in [6.07, 6.45) is 1.15. The van der Waals surface area contributed by atoms with E-state index in [0.29, 0.717) is 19.4 Å². The second-order valence-corrected chi connectivity index (χ2v) is 3.23. The number of H-pyrrole nitrogens is 1. The van der Waals surface area contributed by atoms with Crippen LogP contribution in [0.1, 0.15) is 23.5 Å². The maximum Gasteiger partial charge on any atom is 0.326 e. The Morgan fingerprint density at radius 2 is 2.33 bits per heavy atom. The summed E-state index contributed by atoms with van der Waals surface area (Å²) in [6.45, 7) is 0.421. The molecule has 0 radical (unpaired) electrons. The van der Waals surface area contributed by atoms with Crippen molar-refractivity contribution in [2.45, 2.75) is 18.9 Å². The third kappa shape index (κ3) is 1.65. The molecule has 2 rings (SSSR count). The largest absolute Gasteiger partial charge is 0.480 e. The number of nitrogens with zero attached hydrogens (tertiary/aromatic N) is 4. The molecule has 1 amide bonds. The molecule has 8 nitrogen and oxygen atoms in total. The van der Waals surface area contributed by atoms with E-state index in [0.717, 1.165) is 0 Å². The van der Waals surface area contributed by atoms with Gasteiger partial charge in [-0.25, -0.2) is 4.79 Å². The summed E-state index contributed by atoms with van der Waals surface area (Å²) in [5.74, 6) is -1.58. The molecule has 1 fully saturated rings. The number of carbonyl (C=O) groups excluding carboxylic acids is 1. The molecule has 0 aromatic carbocycles. The first kappa shape index (κ1) is 9.56. The molecule has 2 heterocycles. The highest BCUT2D eigenvalue weighted by Crippen LogP contribution is 2.18. The van der Waals surface area contributed by atoms with Crippen molar-refractivity contribution in [1.82, 2.24) is 25.5 Å². The monoisotopic (exact) mass is 211 g/mol. The molecule has 1 aromatic rings. The third-order valence-corrected chi connectivity index (χ3v) is 2.34. The van der Waals surface area contributed by atoms with E-state index in [1.165, 1.54) is 4.90 Å². The molecule has 1 saturated heterocycles. The van der Waals surface area contributed by atoms with Crippen LogP contribution in [0.25, 0.3) is 0 Å². The number of aromatic nitrogens is 4. The van der Waals surface area contributed by atoms with Gasteiger partial charge in [0, 0.05) is 6.54 Å². The van der Waals surface area contributed by atoms with Crippen molar-refractivity contribution in [3.8, 4) is 0 Å². The fourth-order valence-corrected chi connectivity index (χ4v) is 1.65. The zero-order chi connectivity index (χ0) is 10.8. The number of hydrogen-bond acceptors (Lipinski definition) is 5. The Hall–Kier alpha value is -1.99. The minimum Gasteiger partial charge on any atom is -0.480 e. The van der Waals surface area contributed by atoms with Crippen molar-refractivity contribution in [3.63, 3.8) is 0 Å². The van der Waals surface area contributed by atoms with Gasteiger partial charge in [-0.1, -0.05) is 0 Å². The van der Waals surface area contributed by atoms with Crippen LogP contribution in [0, 0.1) is 0 Å². The van der Waals surface area contributed by atoms with Crippen molar-refractivity contribution in [2.75, 3.05) is 6.54 Å². The van der Waals surface area contributed by atoms with Crippen LogP contribution in [0.3, 0.4) is 0 Å². The molecular formula is C7H9N5O3. The van der Waals surface area contributed by atoms with Gasteiger partial charge in [-0.3, -0.25) is 4.79 Å². The Labute approximate surface area is 84.3 Å². The predicted molar refractivity (Wildman–Crippen MR) is 45.9 cm³/mol. The summed E-state index contributed by atoms with van der Waals surface area (Å²) >= 11 is 0. The summed E-state index contributed by atoms with van der Waals surface area (Å²) in [4.78, 5) is 23.8. The Bertz CT molecular complexity index is 376. The van der Waals surface area contributed by atoms with Crippen molar-refractivity contribution in [1.29, 1.82) is 0 Å². The molecule has 0 saturated carbocycles. The van der Waals surface area contributed by atoms with Gasteiger partial charge in [0.25, 0.3) is 11.7 Å². The van der Waals surface area contributed by atoms with E-state index < -0.39 is 17.9 Å². The van der Waals surface area contributed by atoms with E-state index in [1.54, 1.807) is 0 Å². The van der Waals surface area contributed by atoms with Gasteiger partial charge in [-0.2, -0.15) is 5.21 Å². The lowest BCUT2D eigenvalue weighted by Gasteiger charge is -2.19. The van der Waals surface area contributed by atoms with Crippen LogP contribution in [-0.2, 0) is 4.79 Å². The molecule has 8 heteroatoms. The smallest absolute Gasteiger partial charge is 0.326 e. The molecule has 2 N–H and O–H groups in total. The van der Waals surface area contributed by atoms with Crippen molar-refractivity contribution < 1.29 is 14.7 Å². The van der Waals surface area contributed by atoms with Crippen LogP contribution >= 0.6 is 0 Å². The van der Waals surface area contributed by atoms with Crippen molar-refractivity contribution in [2.24, 2.45) is 0 Å². The van der Waals surface area contributed by atoms with Gasteiger partial charge in [0.15, 0.2) is 0 Å². The standard InChI is InChI=1S/C7H9N5O3/c13-6(5-8-10-11-9-5)12-3-1-2-4(12)7(14)15/h4H,1-3H2,(H,14,15)(H,8,9,10,11)/t4-/m0/s1. The highest BCUT2D eigenvalue weighted by Gasteiger charge is 2.35. The van der Waals surface area contributed by atoms with Gasteiger partial charge in [-0.15, -0.1) is 10.2 Å². The van der Waals surface area contributed by atoms with Gasteiger partial charge in [0.1, 0.15) is 6.04 Å². The minimum atomic E-state index is -0.996. The van der Waals surface area contributed by atoms with Gasteiger partial charge in [-0.05, 0) is 18.1 Å². The quantitative estimate of drug-likeness (QED) is 0.641. The predicted octanol–water partition coefficient (Wildman–Crippen LogP) is -1.11. The molecule has 1 atom stereocenters. The number of carboxylic acid groups (broad SMARTS) is 1. The number of hydrogen-bond donors (Lipinski definition) is 2. The summed E-state index contributed by atoms with van der Waals surface area (Å²) in [5.41, 5.74) is 0. The van der Waals surface area contributed by atoms with E-state index in [4.69, 9.17) is 5.11 Å². The number of amides is 1. The lowest BCUT2D eigenvalue weighted by molar-refractivity contribution is -0.141. The molecule has 0 bridgehead atoms. The third-order valence-electron chi connectivity index (χ3n) is 2.34. The topological polar surface area (TPSA) is 112 Å². The first-order valence-electron chi connectivity index (χ1n) is 4.47. The summed E-state index contributed by atoms with van der Waals surface area (Å²) < 4.78 is 0. The molecule has 1 aliphatic heterocycles. The first-order chi connectivity index (χ1) is 7.20. The number of nitrogens with one attached hydrogen (secondary N) is 1. The van der Waals surface area contributed by atoms with Crippen molar-refractivity contribution in [3.05, 3.63) is 5.82 Å². The SMILES string of the molecule is O=C(O)[C@@H]1CCCN1C(=O)c1nn[nH]n1. The second-order valence-electron chi connectivity index (χ2n) is 3.23. The molecule has 0 aliphatic carbocycles. The Kier molecular flexibility index (Phi) is 2.32. The molecule has 0 spiro atoms. The van der Waals surface area contributed by atoms with Gasteiger partial charge in [0.05, 0.1) is 0 Å². The number of likely N-dealkylation sites (tertiary alicyclic amines) is 1. The zero-order valence-electron chi connectivity index (χ0n) is 7.75.